The van der Waals surface area contributed by atoms with Crippen molar-refractivity contribution in [2.75, 3.05) is 4.90 Å². The highest BCUT2D eigenvalue weighted by molar-refractivity contribution is 8.00. The van der Waals surface area contributed by atoms with E-state index in [9.17, 15) is 23.5 Å². The second kappa shape index (κ2) is 12.4. The number of aromatic nitrogens is 2. The van der Waals surface area contributed by atoms with Gasteiger partial charge in [-0.15, -0.1) is 10.2 Å². The van der Waals surface area contributed by atoms with E-state index in [0.29, 0.717) is 32.7 Å². The van der Waals surface area contributed by atoms with E-state index < -0.39 is 29.3 Å². The number of aliphatic hydroxyl groups excluding tert-OH is 1. The Labute approximate surface area is 259 Å². The minimum absolute atomic E-state index is 0.0561. The first-order chi connectivity index (χ1) is 21.3. The molecule has 0 aliphatic carbocycles. The molecule has 220 valence electrons. The summed E-state index contributed by atoms with van der Waals surface area (Å²) in [5, 5.41) is 19.9. The molecule has 44 heavy (non-hydrogen) atoms. The number of Topliss-reactive ketones (excluding diaryl/α,β-unsaturated/α-hetero) is 1. The van der Waals surface area contributed by atoms with Gasteiger partial charge in [-0.3, -0.25) is 14.5 Å². The van der Waals surface area contributed by atoms with Crippen LogP contribution < -0.4 is 9.64 Å². The number of thioether (sulfide) groups is 1. The van der Waals surface area contributed by atoms with Crippen molar-refractivity contribution >= 4 is 45.7 Å². The van der Waals surface area contributed by atoms with Gasteiger partial charge in [-0.1, -0.05) is 77.7 Å². The van der Waals surface area contributed by atoms with E-state index in [4.69, 9.17) is 4.74 Å². The first kappa shape index (κ1) is 29.2. The fourth-order valence-corrected chi connectivity index (χ4v) is 6.52. The van der Waals surface area contributed by atoms with Crippen molar-refractivity contribution < 1.29 is 28.2 Å². The number of para-hydroxylation sites is 1. The number of hydrogen-bond acceptors (Lipinski definition) is 8. The molecule has 1 unspecified atom stereocenters. The number of benzene rings is 4. The molecule has 1 saturated heterocycles. The number of carbonyl (C=O) groups excluding carboxylic acids is 2. The van der Waals surface area contributed by atoms with E-state index in [0.717, 1.165) is 23.0 Å². The van der Waals surface area contributed by atoms with E-state index in [1.54, 1.807) is 55.5 Å². The number of ketones is 1. The van der Waals surface area contributed by atoms with Crippen LogP contribution in [0.5, 0.6) is 11.5 Å². The average molecular weight is 628 g/mol. The van der Waals surface area contributed by atoms with Gasteiger partial charge < -0.3 is 9.84 Å². The second-order valence-electron chi connectivity index (χ2n) is 9.89. The van der Waals surface area contributed by atoms with Gasteiger partial charge in [0.05, 0.1) is 11.6 Å². The average Bonchev–Trinajstić information content (AvgIpc) is 3.60. The van der Waals surface area contributed by atoms with Crippen LogP contribution in [0.15, 0.2) is 107 Å². The molecule has 2 heterocycles. The minimum atomic E-state index is -1.11. The summed E-state index contributed by atoms with van der Waals surface area (Å²) >= 11 is 2.45. The van der Waals surface area contributed by atoms with Gasteiger partial charge in [-0.25, -0.2) is 8.78 Å². The van der Waals surface area contributed by atoms with Gasteiger partial charge in [0.15, 0.2) is 4.34 Å². The van der Waals surface area contributed by atoms with Crippen molar-refractivity contribution in [1.82, 2.24) is 10.2 Å². The summed E-state index contributed by atoms with van der Waals surface area (Å²) in [5.74, 6) is -1.77. The standard InChI is InChI=1S/C33H23F2N3O4S2/c1-19-10-13-22(17-26(19)35)29(39)27-28(21-6-5-9-25(16-21)42-24-7-3-2-4-8-24)38(31(41)30(27)40)32-36-37-33(44-32)43-18-20-11-14-23(34)15-12-20/h2-17,28,39H,18H2,1H3. The smallest absolute Gasteiger partial charge is 0.301 e. The third-order valence-electron chi connectivity index (χ3n) is 6.92. The van der Waals surface area contributed by atoms with Gasteiger partial charge in [-0.2, -0.15) is 0 Å². The summed E-state index contributed by atoms with van der Waals surface area (Å²) in [5.41, 5.74) is 1.53. The predicted octanol–water partition coefficient (Wildman–Crippen LogP) is 7.84. The number of halogens is 2. The van der Waals surface area contributed by atoms with Gasteiger partial charge in [0.2, 0.25) is 5.13 Å². The maximum atomic E-state index is 14.5. The fourth-order valence-electron chi connectivity index (χ4n) is 4.70. The number of hydrogen-bond donors (Lipinski definition) is 1. The largest absolute Gasteiger partial charge is 0.507 e. The molecule has 0 saturated carbocycles. The molecule has 0 spiro atoms. The zero-order valence-corrected chi connectivity index (χ0v) is 24.7. The number of ether oxygens (including phenoxy) is 1. The summed E-state index contributed by atoms with van der Waals surface area (Å²) in [6, 6.07) is 25.0. The van der Waals surface area contributed by atoms with Crippen LogP contribution in [0.25, 0.3) is 5.76 Å². The molecule has 0 bridgehead atoms. The minimum Gasteiger partial charge on any atom is -0.507 e. The first-order valence-corrected chi connectivity index (χ1v) is 15.2. The Morgan fingerprint density at radius 1 is 0.932 bits per heavy atom. The van der Waals surface area contributed by atoms with Crippen molar-refractivity contribution in [3.63, 3.8) is 0 Å². The maximum absolute atomic E-state index is 14.5. The summed E-state index contributed by atoms with van der Waals surface area (Å²) in [6.45, 7) is 1.58. The van der Waals surface area contributed by atoms with Gasteiger partial charge in [0, 0.05) is 11.3 Å². The summed E-state index contributed by atoms with van der Waals surface area (Å²) in [6.07, 6.45) is 0. The first-order valence-electron chi connectivity index (χ1n) is 13.4. The maximum Gasteiger partial charge on any atom is 0.301 e. The summed E-state index contributed by atoms with van der Waals surface area (Å²) in [7, 11) is 0. The molecule has 1 aliphatic heterocycles. The fraction of sp³-hybridized carbons (Fsp3) is 0.0909. The van der Waals surface area contributed by atoms with Gasteiger partial charge in [-0.05, 0) is 66.1 Å². The molecule has 7 nitrogen and oxygen atoms in total. The molecule has 0 radical (unpaired) electrons. The molecule has 1 aliphatic rings. The van der Waals surface area contributed by atoms with Crippen LogP contribution in [0.1, 0.15) is 28.3 Å². The zero-order chi connectivity index (χ0) is 30.8. The van der Waals surface area contributed by atoms with Crippen LogP contribution in [0.2, 0.25) is 0 Å². The van der Waals surface area contributed by atoms with Gasteiger partial charge >= 0.3 is 5.91 Å². The number of amides is 1. The van der Waals surface area contributed by atoms with Crippen LogP contribution >= 0.6 is 23.1 Å². The molecule has 1 atom stereocenters. The summed E-state index contributed by atoms with van der Waals surface area (Å²) in [4.78, 5) is 28.3. The third-order valence-corrected chi connectivity index (χ3v) is 9.05. The predicted molar refractivity (Wildman–Crippen MR) is 165 cm³/mol. The monoisotopic (exact) mass is 627 g/mol. The Balaban J connectivity index is 1.40. The lowest BCUT2D eigenvalue weighted by Gasteiger charge is -2.23. The van der Waals surface area contributed by atoms with E-state index in [1.807, 2.05) is 18.2 Å². The van der Waals surface area contributed by atoms with Crippen LogP contribution in [-0.2, 0) is 15.3 Å². The van der Waals surface area contributed by atoms with Gasteiger partial charge in [0.1, 0.15) is 28.9 Å². The van der Waals surface area contributed by atoms with Crippen LogP contribution in [0.4, 0.5) is 13.9 Å². The topological polar surface area (TPSA) is 92.6 Å². The zero-order valence-electron chi connectivity index (χ0n) is 23.1. The number of rotatable bonds is 8. The molecule has 6 rings (SSSR count). The van der Waals surface area contributed by atoms with Crippen LogP contribution in [0.3, 0.4) is 0 Å². The molecule has 4 aromatic carbocycles. The number of anilines is 1. The number of aliphatic hydroxyl groups is 1. The highest BCUT2D eigenvalue weighted by Crippen LogP contribution is 2.45. The lowest BCUT2D eigenvalue weighted by Crippen LogP contribution is -2.29. The van der Waals surface area contributed by atoms with Crippen molar-refractivity contribution in [1.29, 1.82) is 0 Å². The summed E-state index contributed by atoms with van der Waals surface area (Å²) < 4.78 is 34.3. The Morgan fingerprint density at radius 2 is 1.68 bits per heavy atom. The molecule has 1 N–H and O–H groups in total. The Bertz CT molecular complexity index is 1900. The Hall–Kier alpha value is -4.87. The van der Waals surface area contributed by atoms with Crippen molar-refractivity contribution in [3.05, 3.63) is 137 Å². The lowest BCUT2D eigenvalue weighted by molar-refractivity contribution is -0.132. The van der Waals surface area contributed by atoms with E-state index >= 15 is 0 Å². The second-order valence-corrected chi connectivity index (χ2v) is 12.1. The highest BCUT2D eigenvalue weighted by atomic mass is 32.2. The molecular formula is C33H23F2N3O4S2. The van der Waals surface area contributed by atoms with Crippen molar-refractivity contribution in [3.8, 4) is 11.5 Å². The molecule has 1 fully saturated rings. The molecule has 11 heteroatoms. The number of aryl methyl sites for hydroxylation is 1. The van der Waals surface area contributed by atoms with Crippen LogP contribution in [0, 0.1) is 18.6 Å². The van der Waals surface area contributed by atoms with Crippen molar-refractivity contribution in [2.45, 2.75) is 23.1 Å². The van der Waals surface area contributed by atoms with Crippen molar-refractivity contribution in [2.24, 2.45) is 0 Å². The van der Waals surface area contributed by atoms with E-state index in [2.05, 4.69) is 10.2 Å². The van der Waals surface area contributed by atoms with E-state index in [1.165, 1.54) is 40.9 Å². The quantitative estimate of drug-likeness (QED) is 0.0616. The molecule has 5 aromatic rings. The van der Waals surface area contributed by atoms with E-state index in [-0.39, 0.29) is 22.1 Å². The van der Waals surface area contributed by atoms with Gasteiger partial charge in [0.25, 0.3) is 5.78 Å². The Morgan fingerprint density at radius 3 is 2.43 bits per heavy atom. The third kappa shape index (κ3) is 5.97. The number of carbonyl (C=O) groups is 2. The molecule has 1 aromatic heterocycles. The normalized spacial score (nSPS) is 16.0. The van der Waals surface area contributed by atoms with Crippen LogP contribution in [-0.4, -0.2) is 27.0 Å². The lowest BCUT2D eigenvalue weighted by atomic mass is 9.95. The Kier molecular flexibility index (Phi) is 8.23. The highest BCUT2D eigenvalue weighted by Gasteiger charge is 2.48. The molecule has 1 amide bonds. The number of nitrogens with zero attached hydrogens (tertiary/aromatic N) is 3. The SMILES string of the molecule is Cc1ccc(C(O)=C2C(=O)C(=O)N(c3nnc(SCc4ccc(F)cc4)s3)C2c2cccc(Oc3ccccc3)c2)cc1F. The molecular weight excluding hydrogens is 605 g/mol.